The van der Waals surface area contributed by atoms with Crippen LogP contribution in [0.3, 0.4) is 0 Å². The molecule has 0 aromatic heterocycles. The summed E-state index contributed by atoms with van der Waals surface area (Å²) >= 11 is 0. The Bertz CT molecular complexity index is 151. The summed E-state index contributed by atoms with van der Waals surface area (Å²) in [7, 11) is 0. The van der Waals surface area contributed by atoms with E-state index < -0.39 is 0 Å². The van der Waals surface area contributed by atoms with Crippen LogP contribution in [0.1, 0.15) is 145 Å². The highest BCUT2D eigenvalue weighted by Gasteiger charge is 2.18. The fourth-order valence-corrected chi connectivity index (χ4v) is 3.09. The molecule has 0 radical (unpaired) electrons. The quantitative estimate of drug-likeness (QED) is 0.466. The molecule has 0 unspecified atom stereocenters. The third-order valence-corrected chi connectivity index (χ3v) is 5.12. The minimum atomic E-state index is 1.02. The molecule has 24 heavy (non-hydrogen) atoms. The second kappa shape index (κ2) is 27.8. The first-order valence-electron chi connectivity index (χ1n) is 11.7. The van der Waals surface area contributed by atoms with Gasteiger partial charge in [-0.3, -0.25) is 0 Å². The lowest BCUT2D eigenvalue weighted by Gasteiger charge is -2.24. The molecule has 1 aliphatic rings. The van der Waals surface area contributed by atoms with E-state index in [1.54, 1.807) is 0 Å². The monoisotopic (exact) mass is 342 g/mol. The van der Waals surface area contributed by atoms with E-state index in [0.29, 0.717) is 0 Å². The zero-order valence-corrected chi connectivity index (χ0v) is 19.1. The molecule has 1 rings (SSSR count). The van der Waals surface area contributed by atoms with E-state index in [9.17, 15) is 0 Å². The van der Waals surface area contributed by atoms with Gasteiger partial charge in [0.15, 0.2) is 0 Å². The van der Waals surface area contributed by atoms with Crippen molar-refractivity contribution >= 4 is 0 Å². The normalized spacial score (nSPS) is 15.4. The zero-order chi connectivity index (χ0) is 19.1. The largest absolute Gasteiger partial charge is 0.0683 e. The van der Waals surface area contributed by atoms with Gasteiger partial charge in [-0.25, -0.2) is 0 Å². The molecule has 0 heterocycles. The lowest BCUT2D eigenvalue weighted by molar-refractivity contribution is 0.269. The Labute approximate surface area is 157 Å². The molecule has 0 spiro atoms. The SMILES string of the molecule is CC.CCC(CC)C1CCCCCCCC1.CCCC.CCCC. The van der Waals surface area contributed by atoms with Crippen LogP contribution in [0.25, 0.3) is 0 Å². The molecule has 0 aromatic carbocycles. The lowest BCUT2D eigenvalue weighted by Crippen LogP contribution is -2.13. The third-order valence-electron chi connectivity index (χ3n) is 5.12. The number of unbranched alkanes of at least 4 members (excludes halogenated alkanes) is 2. The van der Waals surface area contributed by atoms with Gasteiger partial charge in [0.05, 0.1) is 0 Å². The van der Waals surface area contributed by atoms with E-state index in [-0.39, 0.29) is 0 Å². The summed E-state index contributed by atoms with van der Waals surface area (Å²) in [5.74, 6) is 2.08. The van der Waals surface area contributed by atoms with E-state index >= 15 is 0 Å². The molecule has 0 saturated heterocycles. The summed E-state index contributed by atoms with van der Waals surface area (Å²) in [6.07, 6.45) is 20.1. The van der Waals surface area contributed by atoms with Crippen LogP contribution in [0.4, 0.5) is 0 Å². The number of hydrogen-bond acceptors (Lipinski definition) is 0. The summed E-state index contributed by atoms with van der Waals surface area (Å²) in [6, 6.07) is 0. The van der Waals surface area contributed by atoms with Crippen molar-refractivity contribution in [3.05, 3.63) is 0 Å². The molecule has 0 bridgehead atoms. The summed E-state index contributed by atoms with van der Waals surface area (Å²) in [6.45, 7) is 17.5. The molecule has 0 heteroatoms. The Morgan fingerprint density at radius 1 is 0.542 bits per heavy atom. The van der Waals surface area contributed by atoms with Gasteiger partial charge in [-0.2, -0.15) is 0 Å². The molecule has 0 amide bonds. The van der Waals surface area contributed by atoms with Crippen LogP contribution in [0.5, 0.6) is 0 Å². The molecule has 0 aromatic rings. The average molecular weight is 343 g/mol. The maximum Gasteiger partial charge on any atom is -0.0386 e. The second-order valence-electron chi connectivity index (χ2n) is 7.04. The topological polar surface area (TPSA) is 0 Å². The van der Waals surface area contributed by atoms with Gasteiger partial charge in [-0.05, 0) is 11.8 Å². The highest BCUT2D eigenvalue weighted by molar-refractivity contribution is 4.70. The first kappa shape index (κ1) is 28.8. The highest BCUT2D eigenvalue weighted by atomic mass is 14.2. The van der Waals surface area contributed by atoms with Crippen molar-refractivity contribution in [3.8, 4) is 0 Å². The minimum Gasteiger partial charge on any atom is -0.0683 e. The van der Waals surface area contributed by atoms with Gasteiger partial charge >= 0.3 is 0 Å². The maximum atomic E-state index is 2.38. The summed E-state index contributed by atoms with van der Waals surface area (Å²) in [4.78, 5) is 0. The van der Waals surface area contributed by atoms with Crippen molar-refractivity contribution in [2.45, 2.75) is 145 Å². The fraction of sp³-hybridized carbons (Fsp3) is 1.00. The van der Waals surface area contributed by atoms with Crippen LogP contribution in [-0.4, -0.2) is 0 Å². The van der Waals surface area contributed by atoms with Crippen LogP contribution in [0.15, 0.2) is 0 Å². The van der Waals surface area contributed by atoms with Gasteiger partial charge in [0.1, 0.15) is 0 Å². The average Bonchev–Trinajstić information content (AvgIpc) is 2.79. The molecular weight excluding hydrogens is 288 g/mol. The van der Waals surface area contributed by atoms with Gasteiger partial charge in [0, 0.05) is 0 Å². The zero-order valence-electron chi connectivity index (χ0n) is 19.1. The Morgan fingerprint density at radius 3 is 1.08 bits per heavy atom. The summed E-state index contributed by atoms with van der Waals surface area (Å²) in [5.41, 5.74) is 0. The molecule has 0 nitrogen and oxygen atoms in total. The van der Waals surface area contributed by atoms with Gasteiger partial charge in [-0.15, -0.1) is 0 Å². The molecule has 1 aliphatic carbocycles. The molecule has 1 fully saturated rings. The molecule has 150 valence electrons. The smallest absolute Gasteiger partial charge is 0.0386 e. The first-order chi connectivity index (χ1) is 11.7. The second-order valence-corrected chi connectivity index (χ2v) is 7.04. The first-order valence-corrected chi connectivity index (χ1v) is 11.7. The predicted molar refractivity (Wildman–Crippen MR) is 117 cm³/mol. The molecule has 0 atom stereocenters. The van der Waals surface area contributed by atoms with Crippen LogP contribution in [-0.2, 0) is 0 Å². The van der Waals surface area contributed by atoms with E-state index in [2.05, 4.69) is 41.5 Å². The highest BCUT2D eigenvalue weighted by Crippen LogP contribution is 2.31. The predicted octanol–water partition coefficient (Wildman–Crippen LogP) is 9.81. The van der Waals surface area contributed by atoms with Crippen molar-refractivity contribution in [2.24, 2.45) is 11.8 Å². The van der Waals surface area contributed by atoms with Crippen LogP contribution >= 0.6 is 0 Å². The van der Waals surface area contributed by atoms with Crippen molar-refractivity contribution in [1.82, 2.24) is 0 Å². The summed E-state index contributed by atoms with van der Waals surface area (Å²) in [5, 5.41) is 0. The third kappa shape index (κ3) is 22.0. The molecule has 0 aliphatic heterocycles. The number of hydrogen-bond donors (Lipinski definition) is 0. The van der Waals surface area contributed by atoms with Crippen molar-refractivity contribution in [2.75, 3.05) is 0 Å². The van der Waals surface area contributed by atoms with Crippen molar-refractivity contribution < 1.29 is 0 Å². The lowest BCUT2D eigenvalue weighted by atomic mass is 9.81. The Morgan fingerprint density at radius 2 is 0.833 bits per heavy atom. The van der Waals surface area contributed by atoms with Gasteiger partial charge in [0.2, 0.25) is 0 Å². The molecular formula is C24H54. The Hall–Kier alpha value is 0. The minimum absolute atomic E-state index is 1.02. The van der Waals surface area contributed by atoms with E-state index in [4.69, 9.17) is 0 Å². The number of rotatable bonds is 5. The van der Waals surface area contributed by atoms with Gasteiger partial charge in [0.25, 0.3) is 0 Å². The maximum absolute atomic E-state index is 2.38. The van der Waals surface area contributed by atoms with Gasteiger partial charge in [-0.1, -0.05) is 145 Å². The van der Waals surface area contributed by atoms with Crippen LogP contribution in [0, 0.1) is 11.8 Å². The molecule has 1 saturated carbocycles. The Balaban J connectivity index is -0.000000367. The summed E-state index contributed by atoms with van der Waals surface area (Å²) < 4.78 is 0. The van der Waals surface area contributed by atoms with Gasteiger partial charge < -0.3 is 0 Å². The van der Waals surface area contributed by atoms with Crippen molar-refractivity contribution in [3.63, 3.8) is 0 Å². The standard InChI is InChI=1S/C14H28.2C4H10.C2H6/c1-3-13(4-2)14-11-9-7-5-6-8-10-12-14;2*1-3-4-2;1-2/h13-14H,3-12H2,1-2H3;2*3-4H2,1-2H3;1-2H3. The van der Waals surface area contributed by atoms with E-state index in [0.717, 1.165) is 11.8 Å². The van der Waals surface area contributed by atoms with E-state index in [1.165, 1.54) is 89.9 Å². The fourth-order valence-electron chi connectivity index (χ4n) is 3.09. The van der Waals surface area contributed by atoms with Crippen LogP contribution < -0.4 is 0 Å². The van der Waals surface area contributed by atoms with Crippen molar-refractivity contribution in [1.29, 1.82) is 0 Å². The Kier molecular flexibility index (Phi) is 33.4. The van der Waals surface area contributed by atoms with E-state index in [1.807, 2.05) is 13.8 Å². The molecule has 0 N–H and O–H groups in total. The van der Waals surface area contributed by atoms with Crippen LogP contribution in [0.2, 0.25) is 0 Å².